The maximum atomic E-state index is 11.6. The summed E-state index contributed by atoms with van der Waals surface area (Å²) in [6, 6.07) is 5.08. The van der Waals surface area contributed by atoms with Gasteiger partial charge in [-0.25, -0.2) is 9.78 Å². The zero-order valence-electron chi connectivity index (χ0n) is 10.1. The minimum atomic E-state index is -0.432. The van der Waals surface area contributed by atoms with E-state index < -0.39 is 5.97 Å². The number of aryl methyl sites for hydroxylation is 1. The monoisotopic (exact) mass is 263 g/mol. The van der Waals surface area contributed by atoms with E-state index in [1.165, 1.54) is 18.4 Å². The number of thiazole rings is 1. The van der Waals surface area contributed by atoms with Crippen LogP contribution < -0.4 is 11.1 Å². The minimum absolute atomic E-state index is 0.394. The lowest BCUT2D eigenvalue weighted by Crippen LogP contribution is -2.07. The summed E-state index contributed by atoms with van der Waals surface area (Å²) in [5, 5.41) is 5.66. The lowest BCUT2D eigenvalue weighted by molar-refractivity contribution is 0.0602. The fourth-order valence-corrected chi connectivity index (χ4v) is 2.20. The number of nitrogens with one attached hydrogen (secondary N) is 1. The van der Waals surface area contributed by atoms with Gasteiger partial charge in [0.25, 0.3) is 0 Å². The van der Waals surface area contributed by atoms with Crippen LogP contribution in [0.15, 0.2) is 23.6 Å². The Morgan fingerprint density at radius 1 is 1.50 bits per heavy atom. The van der Waals surface area contributed by atoms with Crippen molar-refractivity contribution >= 4 is 33.8 Å². The van der Waals surface area contributed by atoms with E-state index in [1.807, 2.05) is 12.3 Å². The SMILES string of the molecule is COC(=O)c1cccc(N)c1Nc1nc(C)cs1. The number of anilines is 3. The van der Waals surface area contributed by atoms with Crippen LogP contribution >= 0.6 is 11.3 Å². The molecule has 1 heterocycles. The highest BCUT2D eigenvalue weighted by Crippen LogP contribution is 2.29. The van der Waals surface area contributed by atoms with Gasteiger partial charge in [0.15, 0.2) is 5.13 Å². The van der Waals surface area contributed by atoms with Crippen molar-refractivity contribution in [2.45, 2.75) is 6.92 Å². The first kappa shape index (κ1) is 12.4. The van der Waals surface area contributed by atoms with Gasteiger partial charge in [-0.3, -0.25) is 0 Å². The van der Waals surface area contributed by atoms with Crippen molar-refractivity contribution in [2.24, 2.45) is 0 Å². The van der Waals surface area contributed by atoms with Crippen molar-refractivity contribution in [1.82, 2.24) is 4.98 Å². The van der Waals surface area contributed by atoms with Gasteiger partial charge in [0.05, 0.1) is 29.7 Å². The van der Waals surface area contributed by atoms with Gasteiger partial charge >= 0.3 is 5.97 Å². The molecule has 0 amide bonds. The molecule has 1 aromatic heterocycles. The summed E-state index contributed by atoms with van der Waals surface area (Å²) in [7, 11) is 1.34. The number of esters is 1. The Balaban J connectivity index is 2.39. The van der Waals surface area contributed by atoms with Crippen LogP contribution in [0.5, 0.6) is 0 Å². The van der Waals surface area contributed by atoms with Gasteiger partial charge in [-0.05, 0) is 19.1 Å². The van der Waals surface area contributed by atoms with E-state index in [4.69, 9.17) is 10.5 Å². The van der Waals surface area contributed by atoms with E-state index in [2.05, 4.69) is 10.3 Å². The highest BCUT2D eigenvalue weighted by atomic mass is 32.1. The topological polar surface area (TPSA) is 77.2 Å². The third-order valence-corrected chi connectivity index (χ3v) is 3.23. The second-order valence-electron chi connectivity index (χ2n) is 3.68. The van der Waals surface area contributed by atoms with Crippen LogP contribution in [-0.2, 0) is 4.74 Å². The normalized spacial score (nSPS) is 10.1. The summed E-state index contributed by atoms with van der Waals surface area (Å²) in [6.45, 7) is 1.90. The molecule has 2 aromatic rings. The van der Waals surface area contributed by atoms with Gasteiger partial charge in [0.2, 0.25) is 0 Å². The number of hydrogen-bond acceptors (Lipinski definition) is 6. The maximum absolute atomic E-state index is 11.6. The molecule has 0 saturated carbocycles. The number of carbonyl (C=O) groups is 1. The van der Waals surface area contributed by atoms with Crippen LogP contribution in [0, 0.1) is 6.92 Å². The Morgan fingerprint density at radius 2 is 2.28 bits per heavy atom. The fraction of sp³-hybridized carbons (Fsp3) is 0.167. The lowest BCUT2D eigenvalue weighted by Gasteiger charge is -2.11. The second kappa shape index (κ2) is 5.05. The number of nitrogens with two attached hydrogens (primary N) is 1. The first-order valence-electron chi connectivity index (χ1n) is 5.27. The van der Waals surface area contributed by atoms with Gasteiger partial charge in [0.1, 0.15) is 0 Å². The highest BCUT2D eigenvalue weighted by Gasteiger charge is 2.15. The van der Waals surface area contributed by atoms with Crippen LogP contribution in [-0.4, -0.2) is 18.1 Å². The van der Waals surface area contributed by atoms with Crippen molar-refractivity contribution < 1.29 is 9.53 Å². The van der Waals surface area contributed by atoms with E-state index in [9.17, 15) is 4.79 Å². The van der Waals surface area contributed by atoms with Crippen LogP contribution in [0.4, 0.5) is 16.5 Å². The second-order valence-corrected chi connectivity index (χ2v) is 4.54. The average Bonchev–Trinajstić information content (AvgIpc) is 2.76. The van der Waals surface area contributed by atoms with Gasteiger partial charge in [-0.2, -0.15) is 0 Å². The van der Waals surface area contributed by atoms with Crippen LogP contribution in [0.1, 0.15) is 16.1 Å². The fourth-order valence-electron chi connectivity index (χ4n) is 1.51. The number of benzene rings is 1. The minimum Gasteiger partial charge on any atom is -0.465 e. The third-order valence-electron chi connectivity index (χ3n) is 2.35. The smallest absolute Gasteiger partial charge is 0.340 e. The van der Waals surface area contributed by atoms with Crippen molar-refractivity contribution in [3.63, 3.8) is 0 Å². The molecule has 0 bridgehead atoms. The summed E-state index contributed by atoms with van der Waals surface area (Å²) >= 11 is 1.45. The van der Waals surface area contributed by atoms with E-state index in [0.717, 1.165) is 5.69 Å². The lowest BCUT2D eigenvalue weighted by atomic mass is 10.1. The summed E-state index contributed by atoms with van der Waals surface area (Å²) in [4.78, 5) is 15.9. The molecule has 0 unspecified atom stereocenters. The number of nitrogen functional groups attached to an aromatic ring is 1. The molecule has 5 nitrogen and oxygen atoms in total. The number of nitrogens with zero attached hydrogens (tertiary/aromatic N) is 1. The van der Waals surface area contributed by atoms with Crippen molar-refractivity contribution in [3.8, 4) is 0 Å². The Bertz CT molecular complexity index is 580. The first-order valence-corrected chi connectivity index (χ1v) is 6.15. The van der Waals surface area contributed by atoms with Gasteiger partial charge in [-0.1, -0.05) is 6.07 Å². The Morgan fingerprint density at radius 3 is 2.89 bits per heavy atom. The molecule has 0 fully saturated rings. The zero-order chi connectivity index (χ0) is 13.1. The first-order chi connectivity index (χ1) is 8.61. The van der Waals surface area contributed by atoms with E-state index in [1.54, 1.807) is 18.2 Å². The predicted molar refractivity (Wildman–Crippen MR) is 72.3 cm³/mol. The highest BCUT2D eigenvalue weighted by molar-refractivity contribution is 7.13. The summed E-state index contributed by atoms with van der Waals surface area (Å²) < 4.78 is 4.72. The zero-order valence-corrected chi connectivity index (χ0v) is 10.9. The number of rotatable bonds is 3. The molecule has 0 aliphatic heterocycles. The molecule has 0 aliphatic rings. The van der Waals surface area contributed by atoms with Crippen molar-refractivity contribution in [3.05, 3.63) is 34.8 Å². The van der Waals surface area contributed by atoms with Gasteiger partial charge in [0, 0.05) is 5.38 Å². The third kappa shape index (κ3) is 2.43. The molecular formula is C12H13N3O2S. The molecule has 2 rings (SSSR count). The number of carbonyl (C=O) groups excluding carboxylic acids is 1. The Hall–Kier alpha value is -2.08. The largest absolute Gasteiger partial charge is 0.465 e. The molecule has 0 atom stereocenters. The number of hydrogen-bond donors (Lipinski definition) is 2. The molecule has 1 aromatic carbocycles. The van der Waals surface area contributed by atoms with Gasteiger partial charge in [-0.15, -0.1) is 11.3 Å². The summed E-state index contributed by atoms with van der Waals surface area (Å²) in [5.41, 5.74) is 8.19. The average molecular weight is 263 g/mol. The van der Waals surface area contributed by atoms with Crippen LogP contribution in [0.2, 0.25) is 0 Å². The van der Waals surface area contributed by atoms with Crippen molar-refractivity contribution in [1.29, 1.82) is 0 Å². The molecule has 94 valence electrons. The van der Waals surface area contributed by atoms with Crippen LogP contribution in [0.3, 0.4) is 0 Å². The molecule has 3 N–H and O–H groups in total. The number of para-hydroxylation sites is 1. The molecule has 0 spiro atoms. The molecular weight excluding hydrogens is 250 g/mol. The van der Waals surface area contributed by atoms with E-state index in [0.29, 0.717) is 22.1 Å². The predicted octanol–water partition coefficient (Wildman–Crippen LogP) is 2.56. The van der Waals surface area contributed by atoms with E-state index >= 15 is 0 Å². The molecule has 0 saturated heterocycles. The molecule has 6 heteroatoms. The maximum Gasteiger partial charge on any atom is 0.340 e. The van der Waals surface area contributed by atoms with E-state index in [-0.39, 0.29) is 0 Å². The quantitative estimate of drug-likeness (QED) is 0.657. The Kier molecular flexibility index (Phi) is 3.47. The number of ether oxygens (including phenoxy) is 1. The van der Waals surface area contributed by atoms with Crippen LogP contribution in [0.25, 0.3) is 0 Å². The number of aromatic nitrogens is 1. The molecule has 0 aliphatic carbocycles. The Labute approximate surface area is 109 Å². The standard InChI is InChI=1S/C12H13N3O2S/c1-7-6-18-12(14-7)15-10-8(11(16)17-2)4-3-5-9(10)13/h3-6H,13H2,1-2H3,(H,14,15). The molecule has 18 heavy (non-hydrogen) atoms. The number of methoxy groups -OCH3 is 1. The summed E-state index contributed by atoms with van der Waals surface area (Å²) in [5.74, 6) is -0.432. The van der Waals surface area contributed by atoms with Gasteiger partial charge < -0.3 is 15.8 Å². The van der Waals surface area contributed by atoms with Crippen molar-refractivity contribution in [2.75, 3.05) is 18.2 Å². The summed E-state index contributed by atoms with van der Waals surface area (Å²) in [6.07, 6.45) is 0. The molecule has 0 radical (unpaired) electrons.